The molecular weight excluding hydrogens is 204 g/mol. The van der Waals surface area contributed by atoms with Crippen LogP contribution in [0.2, 0.25) is 0 Å². The Kier molecular flexibility index (Phi) is 3.81. The van der Waals surface area contributed by atoms with Gasteiger partial charge in [0.15, 0.2) is 0 Å². The van der Waals surface area contributed by atoms with Crippen LogP contribution >= 0.6 is 11.3 Å². The second kappa shape index (κ2) is 5.13. The Labute approximate surface area is 96.1 Å². The fraction of sp³-hybridized carbons (Fsp3) is 0.692. The van der Waals surface area contributed by atoms with E-state index in [1.807, 2.05) is 11.3 Å². The van der Waals surface area contributed by atoms with E-state index in [4.69, 9.17) is 0 Å². The van der Waals surface area contributed by atoms with Crippen molar-refractivity contribution in [3.8, 4) is 0 Å². The van der Waals surface area contributed by atoms with Crippen LogP contribution in [0.4, 0.5) is 0 Å². The third kappa shape index (κ3) is 3.32. The van der Waals surface area contributed by atoms with Crippen molar-refractivity contribution in [3.05, 3.63) is 22.4 Å². The van der Waals surface area contributed by atoms with E-state index in [2.05, 4.69) is 17.5 Å². The maximum atomic E-state index is 10.3. The molecule has 1 saturated carbocycles. The number of aliphatic hydroxyl groups is 1. The summed E-state index contributed by atoms with van der Waals surface area (Å²) in [6.45, 7) is 0. The summed E-state index contributed by atoms with van der Waals surface area (Å²) in [6, 6.07) is 4.30. The molecule has 15 heavy (non-hydrogen) atoms. The summed E-state index contributed by atoms with van der Waals surface area (Å²) in [4.78, 5) is 1.45. The minimum Gasteiger partial charge on any atom is -0.390 e. The molecule has 1 aromatic rings. The molecule has 2 rings (SSSR count). The minimum atomic E-state index is -0.324. The third-order valence-electron chi connectivity index (χ3n) is 3.43. The van der Waals surface area contributed by atoms with Gasteiger partial charge in [-0.25, -0.2) is 0 Å². The topological polar surface area (TPSA) is 20.2 Å². The van der Waals surface area contributed by atoms with Crippen molar-refractivity contribution in [1.82, 2.24) is 0 Å². The fourth-order valence-corrected chi connectivity index (χ4v) is 3.26. The van der Waals surface area contributed by atoms with Gasteiger partial charge in [-0.3, -0.25) is 0 Å². The van der Waals surface area contributed by atoms with Gasteiger partial charge in [0.05, 0.1) is 5.60 Å². The van der Waals surface area contributed by atoms with Gasteiger partial charge in [0.25, 0.3) is 0 Å². The molecule has 0 atom stereocenters. The summed E-state index contributed by atoms with van der Waals surface area (Å²) in [5.74, 6) is 0. The predicted octanol–water partition coefficient (Wildman–Crippen LogP) is 3.77. The highest BCUT2D eigenvalue weighted by atomic mass is 32.1. The van der Waals surface area contributed by atoms with Crippen LogP contribution in [-0.4, -0.2) is 10.7 Å². The zero-order chi connectivity index (χ0) is 10.6. The van der Waals surface area contributed by atoms with Crippen LogP contribution in [-0.2, 0) is 6.42 Å². The van der Waals surface area contributed by atoms with E-state index in [1.165, 1.54) is 24.1 Å². The second-order valence-corrected chi connectivity index (χ2v) is 5.75. The average molecular weight is 224 g/mol. The van der Waals surface area contributed by atoms with Crippen LogP contribution < -0.4 is 0 Å². The molecule has 1 aliphatic carbocycles. The van der Waals surface area contributed by atoms with Crippen LogP contribution in [0.5, 0.6) is 0 Å². The van der Waals surface area contributed by atoms with Gasteiger partial charge in [-0.1, -0.05) is 25.3 Å². The van der Waals surface area contributed by atoms with Gasteiger partial charge in [-0.15, -0.1) is 11.3 Å². The number of hydrogen-bond acceptors (Lipinski definition) is 2. The Morgan fingerprint density at radius 2 is 2.07 bits per heavy atom. The highest BCUT2D eigenvalue weighted by molar-refractivity contribution is 7.09. The normalized spacial score (nSPS) is 20.3. The summed E-state index contributed by atoms with van der Waals surface area (Å²) in [5.41, 5.74) is -0.324. The van der Waals surface area contributed by atoms with E-state index in [0.29, 0.717) is 0 Å². The van der Waals surface area contributed by atoms with Crippen LogP contribution in [0.15, 0.2) is 17.5 Å². The van der Waals surface area contributed by atoms with Crippen LogP contribution in [0, 0.1) is 0 Å². The Bertz CT molecular complexity index is 273. The Hall–Kier alpha value is -0.340. The molecule has 1 aliphatic rings. The highest BCUT2D eigenvalue weighted by Crippen LogP contribution is 2.32. The molecule has 1 heterocycles. The molecule has 0 aromatic carbocycles. The van der Waals surface area contributed by atoms with E-state index in [0.717, 1.165) is 32.1 Å². The van der Waals surface area contributed by atoms with Gasteiger partial charge >= 0.3 is 0 Å². The molecule has 0 amide bonds. The van der Waals surface area contributed by atoms with Crippen molar-refractivity contribution >= 4 is 11.3 Å². The molecule has 84 valence electrons. The number of hydrogen-bond donors (Lipinski definition) is 1. The lowest BCUT2D eigenvalue weighted by molar-refractivity contribution is -0.00522. The van der Waals surface area contributed by atoms with E-state index >= 15 is 0 Å². The summed E-state index contributed by atoms with van der Waals surface area (Å²) >= 11 is 1.83. The van der Waals surface area contributed by atoms with Gasteiger partial charge in [-0.05, 0) is 43.6 Å². The molecule has 0 saturated heterocycles. The van der Waals surface area contributed by atoms with Crippen molar-refractivity contribution in [2.24, 2.45) is 0 Å². The molecule has 0 spiro atoms. The van der Waals surface area contributed by atoms with Crippen LogP contribution in [0.3, 0.4) is 0 Å². The lowest BCUT2D eigenvalue weighted by Crippen LogP contribution is -2.31. The Morgan fingerprint density at radius 3 is 2.73 bits per heavy atom. The zero-order valence-corrected chi connectivity index (χ0v) is 10.1. The first-order valence-electron chi connectivity index (χ1n) is 6.03. The smallest absolute Gasteiger partial charge is 0.0648 e. The molecular formula is C13H20OS. The molecule has 1 nitrogen and oxygen atoms in total. The van der Waals surface area contributed by atoms with Crippen molar-refractivity contribution in [3.63, 3.8) is 0 Å². The van der Waals surface area contributed by atoms with Gasteiger partial charge < -0.3 is 5.11 Å². The summed E-state index contributed by atoms with van der Waals surface area (Å²) in [7, 11) is 0. The average Bonchev–Trinajstić information content (AvgIpc) is 2.71. The second-order valence-electron chi connectivity index (χ2n) is 4.72. The Balaban J connectivity index is 1.72. The van der Waals surface area contributed by atoms with Crippen molar-refractivity contribution in [1.29, 1.82) is 0 Å². The molecule has 0 radical (unpaired) electrons. The van der Waals surface area contributed by atoms with Gasteiger partial charge in [0.1, 0.15) is 0 Å². The summed E-state index contributed by atoms with van der Waals surface area (Å²) in [5, 5.41) is 12.4. The zero-order valence-electron chi connectivity index (χ0n) is 9.24. The molecule has 0 bridgehead atoms. The number of rotatable bonds is 4. The standard InChI is InChI=1S/C13H20OS/c14-13(8-2-1-3-9-13)10-4-6-12-7-5-11-15-12/h5,7,11,14H,1-4,6,8-10H2. The Morgan fingerprint density at radius 1 is 1.27 bits per heavy atom. The van der Waals surface area contributed by atoms with Crippen LogP contribution in [0.25, 0.3) is 0 Å². The minimum absolute atomic E-state index is 0.324. The quantitative estimate of drug-likeness (QED) is 0.825. The maximum Gasteiger partial charge on any atom is 0.0648 e. The van der Waals surface area contributed by atoms with E-state index < -0.39 is 0 Å². The van der Waals surface area contributed by atoms with E-state index in [1.54, 1.807) is 0 Å². The monoisotopic (exact) mass is 224 g/mol. The van der Waals surface area contributed by atoms with Crippen molar-refractivity contribution in [2.45, 2.75) is 57.0 Å². The summed E-state index contributed by atoms with van der Waals surface area (Å²) in [6.07, 6.45) is 9.06. The lowest BCUT2D eigenvalue weighted by Gasteiger charge is -2.32. The molecule has 2 heteroatoms. The fourth-order valence-electron chi connectivity index (χ4n) is 2.51. The summed E-state index contributed by atoms with van der Waals surface area (Å²) < 4.78 is 0. The number of aryl methyl sites for hydroxylation is 1. The van der Waals surface area contributed by atoms with E-state index in [-0.39, 0.29) is 5.60 Å². The first kappa shape index (κ1) is 11.2. The molecule has 1 aromatic heterocycles. The molecule has 0 unspecified atom stereocenters. The van der Waals surface area contributed by atoms with E-state index in [9.17, 15) is 5.11 Å². The first-order valence-corrected chi connectivity index (χ1v) is 6.91. The molecule has 0 aliphatic heterocycles. The third-order valence-corrected chi connectivity index (χ3v) is 4.37. The first-order chi connectivity index (χ1) is 7.29. The van der Waals surface area contributed by atoms with Crippen molar-refractivity contribution in [2.75, 3.05) is 0 Å². The van der Waals surface area contributed by atoms with Gasteiger partial charge in [0.2, 0.25) is 0 Å². The molecule has 1 fully saturated rings. The molecule has 1 N–H and O–H groups in total. The highest BCUT2D eigenvalue weighted by Gasteiger charge is 2.28. The van der Waals surface area contributed by atoms with Crippen molar-refractivity contribution < 1.29 is 5.11 Å². The van der Waals surface area contributed by atoms with Gasteiger partial charge in [-0.2, -0.15) is 0 Å². The van der Waals surface area contributed by atoms with Gasteiger partial charge in [0, 0.05) is 4.88 Å². The lowest BCUT2D eigenvalue weighted by atomic mass is 9.81. The predicted molar refractivity (Wildman–Crippen MR) is 65.3 cm³/mol. The SMILES string of the molecule is OC1(CCCc2cccs2)CCCCC1. The van der Waals surface area contributed by atoms with Crippen LogP contribution in [0.1, 0.15) is 49.8 Å². The maximum absolute atomic E-state index is 10.3. The largest absolute Gasteiger partial charge is 0.390 e. The number of thiophene rings is 1.